The largest absolute Gasteiger partial charge is 0.357 e. The normalized spacial score (nSPS) is 9.71. The van der Waals surface area contributed by atoms with Crippen molar-refractivity contribution in [3.63, 3.8) is 0 Å². The molecule has 0 spiro atoms. The number of nitrogens with one attached hydrogen (secondary N) is 2. The molecule has 4 heteroatoms. The molecule has 14 heavy (non-hydrogen) atoms. The first-order chi connectivity index (χ1) is 6.86. The molecule has 0 saturated carbocycles. The van der Waals surface area contributed by atoms with Crippen molar-refractivity contribution in [3.05, 3.63) is 48.5 Å². The highest BCUT2D eigenvalue weighted by atomic mass is 16.1. The first-order valence-electron chi connectivity index (χ1n) is 4.21. The molecule has 0 aliphatic heterocycles. The number of aromatic nitrogens is 2. The monoisotopic (exact) mass is 187 g/mol. The molecule has 0 unspecified atom stereocenters. The van der Waals surface area contributed by atoms with E-state index in [1.807, 2.05) is 0 Å². The Balaban J connectivity index is 2.10. The van der Waals surface area contributed by atoms with Crippen LogP contribution in [0, 0.1) is 0 Å². The molecule has 0 fully saturated rings. The van der Waals surface area contributed by atoms with E-state index in [-0.39, 0.29) is 5.91 Å². The molecule has 0 aliphatic carbocycles. The van der Waals surface area contributed by atoms with Crippen molar-refractivity contribution in [1.82, 2.24) is 9.97 Å². The van der Waals surface area contributed by atoms with Crippen molar-refractivity contribution in [2.75, 3.05) is 5.32 Å². The second kappa shape index (κ2) is 3.74. The number of nitrogens with zero attached hydrogens (tertiary/aromatic N) is 1. The number of carbonyl (C=O) groups excluding carboxylic acids is 1. The number of anilines is 1. The van der Waals surface area contributed by atoms with Crippen molar-refractivity contribution >= 4 is 11.6 Å². The summed E-state index contributed by atoms with van der Waals surface area (Å²) in [6.07, 6.45) is 4.96. The van der Waals surface area contributed by atoms with E-state index in [9.17, 15) is 4.79 Å². The van der Waals surface area contributed by atoms with Gasteiger partial charge >= 0.3 is 0 Å². The summed E-state index contributed by atoms with van der Waals surface area (Å²) in [4.78, 5) is 18.2. The molecule has 0 saturated heterocycles. The summed E-state index contributed by atoms with van der Waals surface area (Å²) in [5.41, 5.74) is 1.22. The van der Waals surface area contributed by atoms with Crippen molar-refractivity contribution in [2.24, 2.45) is 0 Å². The number of pyridine rings is 1. The fourth-order valence-electron chi connectivity index (χ4n) is 1.11. The summed E-state index contributed by atoms with van der Waals surface area (Å²) in [5, 5.41) is 2.71. The molecule has 2 rings (SSSR count). The first-order valence-corrected chi connectivity index (χ1v) is 4.21. The third-order valence-electron chi connectivity index (χ3n) is 1.76. The summed E-state index contributed by atoms with van der Waals surface area (Å²) in [6.45, 7) is 0. The number of hydrogen-bond acceptors (Lipinski definition) is 2. The average Bonchev–Trinajstić information content (AvgIpc) is 2.72. The smallest absolute Gasteiger partial charge is 0.272 e. The lowest BCUT2D eigenvalue weighted by molar-refractivity contribution is 0.102. The molecule has 0 aromatic carbocycles. The van der Waals surface area contributed by atoms with Gasteiger partial charge in [0.1, 0.15) is 5.69 Å². The van der Waals surface area contributed by atoms with Gasteiger partial charge in [-0.1, -0.05) is 0 Å². The van der Waals surface area contributed by atoms with Crippen molar-refractivity contribution in [1.29, 1.82) is 0 Å². The highest BCUT2D eigenvalue weighted by molar-refractivity contribution is 6.02. The zero-order valence-electron chi connectivity index (χ0n) is 7.40. The van der Waals surface area contributed by atoms with Crippen LogP contribution in [0.4, 0.5) is 5.69 Å². The van der Waals surface area contributed by atoms with E-state index in [0.717, 1.165) is 0 Å². The Labute approximate surface area is 81.0 Å². The van der Waals surface area contributed by atoms with Crippen LogP contribution >= 0.6 is 0 Å². The number of carbonyl (C=O) groups is 1. The van der Waals surface area contributed by atoms with Gasteiger partial charge in [0.15, 0.2) is 0 Å². The van der Waals surface area contributed by atoms with E-state index >= 15 is 0 Å². The van der Waals surface area contributed by atoms with Crippen LogP contribution in [0.25, 0.3) is 0 Å². The SMILES string of the molecule is O=C(Nc1cccnc1)c1ccc[nH]1. The molecule has 2 N–H and O–H groups in total. The molecule has 0 aliphatic rings. The minimum absolute atomic E-state index is 0.164. The Morgan fingerprint density at radius 2 is 2.29 bits per heavy atom. The fourth-order valence-corrected chi connectivity index (χ4v) is 1.11. The second-order valence-corrected chi connectivity index (χ2v) is 2.78. The number of hydrogen-bond donors (Lipinski definition) is 2. The standard InChI is InChI=1S/C10H9N3O/c14-10(9-4-2-6-12-9)13-8-3-1-5-11-7-8/h1-7,12H,(H,13,14). The van der Waals surface area contributed by atoms with E-state index in [4.69, 9.17) is 0 Å². The van der Waals surface area contributed by atoms with Gasteiger partial charge in [0.25, 0.3) is 5.91 Å². The molecule has 2 heterocycles. The number of rotatable bonds is 2. The average molecular weight is 187 g/mol. The lowest BCUT2D eigenvalue weighted by Gasteiger charge is -2.01. The van der Waals surface area contributed by atoms with Gasteiger partial charge in [-0.3, -0.25) is 9.78 Å². The van der Waals surface area contributed by atoms with Gasteiger partial charge in [-0.2, -0.15) is 0 Å². The van der Waals surface area contributed by atoms with Gasteiger partial charge in [0, 0.05) is 12.4 Å². The molecule has 1 amide bonds. The Morgan fingerprint density at radius 3 is 2.93 bits per heavy atom. The molecular weight excluding hydrogens is 178 g/mol. The van der Waals surface area contributed by atoms with Crippen LogP contribution < -0.4 is 5.32 Å². The third-order valence-corrected chi connectivity index (χ3v) is 1.76. The quantitative estimate of drug-likeness (QED) is 0.751. The molecule has 4 nitrogen and oxygen atoms in total. The van der Waals surface area contributed by atoms with Gasteiger partial charge in [-0.15, -0.1) is 0 Å². The molecule has 0 atom stereocenters. The lowest BCUT2D eigenvalue weighted by Crippen LogP contribution is -2.12. The maximum Gasteiger partial charge on any atom is 0.272 e. The number of amides is 1. The van der Waals surface area contributed by atoms with Crippen LogP contribution in [-0.2, 0) is 0 Å². The Hall–Kier alpha value is -2.10. The Kier molecular flexibility index (Phi) is 2.27. The van der Waals surface area contributed by atoms with Crippen molar-refractivity contribution < 1.29 is 4.79 Å². The fraction of sp³-hybridized carbons (Fsp3) is 0. The maximum atomic E-state index is 11.5. The summed E-state index contributed by atoms with van der Waals surface area (Å²) >= 11 is 0. The Morgan fingerprint density at radius 1 is 1.36 bits per heavy atom. The second-order valence-electron chi connectivity index (χ2n) is 2.78. The molecular formula is C10H9N3O. The molecule has 2 aromatic heterocycles. The van der Waals surface area contributed by atoms with Crippen LogP contribution in [0.2, 0.25) is 0 Å². The number of aromatic amines is 1. The lowest BCUT2D eigenvalue weighted by atomic mass is 10.3. The molecule has 0 bridgehead atoms. The molecule has 0 radical (unpaired) electrons. The summed E-state index contributed by atoms with van der Waals surface area (Å²) in [7, 11) is 0. The highest BCUT2D eigenvalue weighted by Crippen LogP contribution is 2.05. The van der Waals surface area contributed by atoms with Crippen molar-refractivity contribution in [3.8, 4) is 0 Å². The summed E-state index contributed by atoms with van der Waals surface area (Å²) in [6, 6.07) is 7.04. The minimum atomic E-state index is -0.164. The summed E-state index contributed by atoms with van der Waals surface area (Å²) in [5.74, 6) is -0.164. The Bertz CT molecular complexity index is 408. The zero-order valence-corrected chi connectivity index (χ0v) is 7.40. The van der Waals surface area contributed by atoms with Crippen LogP contribution in [-0.4, -0.2) is 15.9 Å². The van der Waals surface area contributed by atoms with Crippen LogP contribution in [0.3, 0.4) is 0 Å². The van der Waals surface area contributed by atoms with Gasteiger partial charge in [-0.25, -0.2) is 0 Å². The van der Waals surface area contributed by atoms with Gasteiger partial charge in [-0.05, 0) is 24.3 Å². The number of H-pyrrole nitrogens is 1. The van der Waals surface area contributed by atoms with E-state index in [0.29, 0.717) is 11.4 Å². The van der Waals surface area contributed by atoms with Crippen molar-refractivity contribution in [2.45, 2.75) is 0 Å². The van der Waals surface area contributed by atoms with Gasteiger partial charge in [0.2, 0.25) is 0 Å². The molecule has 70 valence electrons. The summed E-state index contributed by atoms with van der Waals surface area (Å²) < 4.78 is 0. The van der Waals surface area contributed by atoms with E-state index in [2.05, 4.69) is 15.3 Å². The van der Waals surface area contributed by atoms with Crippen LogP contribution in [0.1, 0.15) is 10.5 Å². The predicted molar refractivity (Wildman–Crippen MR) is 53.0 cm³/mol. The van der Waals surface area contributed by atoms with Gasteiger partial charge in [0.05, 0.1) is 11.9 Å². The van der Waals surface area contributed by atoms with E-state index in [1.54, 1.807) is 42.9 Å². The van der Waals surface area contributed by atoms with E-state index in [1.165, 1.54) is 0 Å². The minimum Gasteiger partial charge on any atom is -0.357 e. The maximum absolute atomic E-state index is 11.5. The van der Waals surface area contributed by atoms with Crippen LogP contribution in [0.15, 0.2) is 42.9 Å². The third kappa shape index (κ3) is 1.80. The topological polar surface area (TPSA) is 57.8 Å². The highest BCUT2D eigenvalue weighted by Gasteiger charge is 2.05. The molecule has 2 aromatic rings. The van der Waals surface area contributed by atoms with Gasteiger partial charge < -0.3 is 10.3 Å². The zero-order chi connectivity index (χ0) is 9.80. The predicted octanol–water partition coefficient (Wildman–Crippen LogP) is 1.66. The van der Waals surface area contributed by atoms with E-state index < -0.39 is 0 Å². The van der Waals surface area contributed by atoms with Crippen LogP contribution in [0.5, 0.6) is 0 Å². The first kappa shape index (κ1) is 8.50.